The summed E-state index contributed by atoms with van der Waals surface area (Å²) in [6.07, 6.45) is 0. The summed E-state index contributed by atoms with van der Waals surface area (Å²) in [5, 5.41) is 9.77. The second-order valence-electron chi connectivity index (χ2n) is 7.32. The van der Waals surface area contributed by atoms with Gasteiger partial charge in [0.05, 0.1) is 26.4 Å². The van der Waals surface area contributed by atoms with Crippen LogP contribution in [0.4, 0.5) is 11.8 Å². The maximum absolute atomic E-state index is 9.77. The Bertz CT molecular complexity index is 974. The zero-order valence-corrected chi connectivity index (χ0v) is 16.7. The van der Waals surface area contributed by atoms with Crippen LogP contribution in [0.25, 0.3) is 22.8 Å². The molecule has 30 heavy (non-hydrogen) atoms. The molecule has 0 aliphatic carbocycles. The van der Waals surface area contributed by atoms with Crippen LogP contribution < -0.4 is 9.80 Å². The molecule has 0 spiro atoms. The summed E-state index contributed by atoms with van der Waals surface area (Å²) in [4.78, 5) is 14.0. The lowest BCUT2D eigenvalue weighted by Gasteiger charge is -2.31. The third-order valence-electron chi connectivity index (χ3n) is 5.32. The second-order valence-corrected chi connectivity index (χ2v) is 7.32. The summed E-state index contributed by atoms with van der Waals surface area (Å²) in [6.45, 7) is 5.84. The molecule has 0 bridgehead atoms. The first-order chi connectivity index (χ1) is 14.8. The van der Waals surface area contributed by atoms with E-state index in [9.17, 15) is 5.11 Å². The molecule has 0 amide bonds. The molecule has 0 saturated carbocycles. The molecule has 156 valence electrons. The van der Waals surface area contributed by atoms with Gasteiger partial charge >= 0.3 is 0 Å². The van der Waals surface area contributed by atoms with Gasteiger partial charge in [0.1, 0.15) is 23.0 Å². The third kappa shape index (κ3) is 3.96. The first-order valence-electron chi connectivity index (χ1n) is 10.2. The van der Waals surface area contributed by atoms with Crippen LogP contribution in [-0.2, 0) is 9.47 Å². The van der Waals surface area contributed by atoms with Crippen LogP contribution in [0.15, 0.2) is 46.9 Å². The van der Waals surface area contributed by atoms with Gasteiger partial charge in [-0.3, -0.25) is 0 Å². The minimum absolute atomic E-state index is 0.205. The van der Waals surface area contributed by atoms with Gasteiger partial charge in [0.15, 0.2) is 5.76 Å². The highest BCUT2D eigenvalue weighted by atomic mass is 16.5. The van der Waals surface area contributed by atoms with Gasteiger partial charge in [0.25, 0.3) is 0 Å². The van der Waals surface area contributed by atoms with Crippen molar-refractivity contribution in [2.24, 2.45) is 0 Å². The van der Waals surface area contributed by atoms with Crippen molar-refractivity contribution in [2.75, 3.05) is 62.4 Å². The van der Waals surface area contributed by atoms with Crippen LogP contribution >= 0.6 is 0 Å². The van der Waals surface area contributed by atoms with Gasteiger partial charge in [-0.1, -0.05) is 12.1 Å². The summed E-state index contributed by atoms with van der Waals surface area (Å²) >= 11 is 0. The van der Waals surface area contributed by atoms with Crippen molar-refractivity contribution >= 4 is 11.8 Å². The molecule has 0 unspecified atom stereocenters. The first-order valence-corrected chi connectivity index (χ1v) is 10.2. The number of anilines is 2. The number of hydrogen-bond donors (Lipinski definition) is 1. The molecule has 8 heteroatoms. The number of hydrogen-bond acceptors (Lipinski definition) is 8. The minimum atomic E-state index is 0.205. The van der Waals surface area contributed by atoms with Crippen LogP contribution in [0.2, 0.25) is 0 Å². The number of morpholine rings is 2. The fourth-order valence-corrected chi connectivity index (χ4v) is 3.70. The quantitative estimate of drug-likeness (QED) is 0.706. The van der Waals surface area contributed by atoms with Crippen LogP contribution in [0, 0.1) is 0 Å². The SMILES string of the molecule is Oc1cccc(-c2ccc(-c3cc(N4CCOCC4)nc(N4CCOCC4)n3)o2)c1. The maximum Gasteiger partial charge on any atom is 0.228 e. The Morgan fingerprint density at radius 2 is 1.47 bits per heavy atom. The Morgan fingerprint density at radius 3 is 2.20 bits per heavy atom. The molecule has 1 N–H and O–H groups in total. The van der Waals surface area contributed by atoms with Gasteiger partial charge in [0.2, 0.25) is 5.95 Å². The lowest BCUT2D eigenvalue weighted by Crippen LogP contribution is -2.39. The number of rotatable bonds is 4. The van der Waals surface area contributed by atoms with Crippen molar-refractivity contribution in [3.8, 4) is 28.5 Å². The predicted molar refractivity (Wildman–Crippen MR) is 113 cm³/mol. The van der Waals surface area contributed by atoms with E-state index in [1.807, 2.05) is 24.3 Å². The van der Waals surface area contributed by atoms with Crippen molar-refractivity contribution in [3.05, 3.63) is 42.5 Å². The van der Waals surface area contributed by atoms with Crippen molar-refractivity contribution < 1.29 is 19.0 Å². The summed E-state index contributed by atoms with van der Waals surface area (Å²) in [5.74, 6) is 3.12. The molecule has 0 atom stereocenters. The molecule has 2 aliphatic rings. The first kappa shape index (κ1) is 18.9. The molecule has 0 radical (unpaired) electrons. The zero-order chi connectivity index (χ0) is 20.3. The number of phenols is 1. The Hall–Kier alpha value is -3.10. The number of aromatic hydroxyl groups is 1. The van der Waals surface area contributed by atoms with E-state index in [0.29, 0.717) is 43.9 Å². The Balaban J connectivity index is 1.51. The second kappa shape index (κ2) is 8.33. The number of phenolic OH excluding ortho intramolecular Hbond substituents is 1. The molecular formula is C22H24N4O4. The molecule has 5 rings (SSSR count). The monoisotopic (exact) mass is 408 g/mol. The van der Waals surface area contributed by atoms with E-state index in [2.05, 4.69) is 9.80 Å². The summed E-state index contributed by atoms with van der Waals surface area (Å²) in [6, 6.07) is 12.8. The molecule has 2 aliphatic heterocycles. The lowest BCUT2D eigenvalue weighted by atomic mass is 10.2. The summed E-state index contributed by atoms with van der Waals surface area (Å²) in [5.41, 5.74) is 1.55. The lowest BCUT2D eigenvalue weighted by molar-refractivity contribution is 0.121. The summed E-state index contributed by atoms with van der Waals surface area (Å²) < 4.78 is 17.1. The van der Waals surface area contributed by atoms with Crippen molar-refractivity contribution in [3.63, 3.8) is 0 Å². The molecule has 3 aromatic rings. The average molecular weight is 408 g/mol. The molecule has 4 heterocycles. The number of benzene rings is 1. The normalized spacial score (nSPS) is 17.3. The standard InChI is InChI=1S/C22H24N4O4/c27-17-3-1-2-16(14-17)19-4-5-20(30-19)18-15-21(25-6-10-28-11-7-25)24-22(23-18)26-8-12-29-13-9-26/h1-5,14-15,27H,6-13H2. The van der Waals surface area contributed by atoms with E-state index < -0.39 is 0 Å². The van der Waals surface area contributed by atoms with Crippen LogP contribution in [0.5, 0.6) is 5.75 Å². The highest BCUT2D eigenvalue weighted by Crippen LogP contribution is 2.31. The van der Waals surface area contributed by atoms with E-state index in [4.69, 9.17) is 23.9 Å². The molecule has 2 fully saturated rings. The average Bonchev–Trinajstić information content (AvgIpc) is 3.31. The van der Waals surface area contributed by atoms with Crippen LogP contribution in [-0.4, -0.2) is 67.7 Å². The Morgan fingerprint density at radius 1 is 0.767 bits per heavy atom. The van der Waals surface area contributed by atoms with Crippen LogP contribution in [0.1, 0.15) is 0 Å². The highest BCUT2D eigenvalue weighted by Gasteiger charge is 2.21. The zero-order valence-electron chi connectivity index (χ0n) is 16.7. The smallest absolute Gasteiger partial charge is 0.228 e. The number of ether oxygens (including phenoxy) is 2. The van der Waals surface area contributed by atoms with Gasteiger partial charge in [-0.15, -0.1) is 0 Å². The fraction of sp³-hybridized carbons (Fsp3) is 0.364. The Kier molecular flexibility index (Phi) is 5.25. The van der Waals surface area contributed by atoms with Gasteiger partial charge in [-0.25, -0.2) is 4.98 Å². The Labute approximate surface area is 174 Å². The summed E-state index contributed by atoms with van der Waals surface area (Å²) in [7, 11) is 0. The van der Waals surface area contributed by atoms with E-state index in [1.165, 1.54) is 0 Å². The molecule has 8 nitrogen and oxygen atoms in total. The highest BCUT2D eigenvalue weighted by molar-refractivity contribution is 5.66. The largest absolute Gasteiger partial charge is 0.508 e. The molecular weight excluding hydrogens is 384 g/mol. The molecule has 2 saturated heterocycles. The number of nitrogens with zero attached hydrogens (tertiary/aromatic N) is 4. The third-order valence-corrected chi connectivity index (χ3v) is 5.32. The molecule has 2 aromatic heterocycles. The number of furan rings is 1. The van der Waals surface area contributed by atoms with Crippen molar-refractivity contribution in [1.29, 1.82) is 0 Å². The van der Waals surface area contributed by atoms with Crippen molar-refractivity contribution in [2.45, 2.75) is 0 Å². The van der Waals surface area contributed by atoms with Crippen LogP contribution in [0.3, 0.4) is 0 Å². The van der Waals surface area contributed by atoms with E-state index in [0.717, 1.165) is 43.3 Å². The predicted octanol–water partition coefficient (Wildman–Crippen LogP) is 2.78. The van der Waals surface area contributed by atoms with E-state index >= 15 is 0 Å². The molecule has 1 aromatic carbocycles. The van der Waals surface area contributed by atoms with Gasteiger partial charge < -0.3 is 28.8 Å². The van der Waals surface area contributed by atoms with Crippen molar-refractivity contribution in [1.82, 2.24) is 9.97 Å². The van der Waals surface area contributed by atoms with Gasteiger partial charge in [0, 0.05) is 37.8 Å². The van der Waals surface area contributed by atoms with Gasteiger partial charge in [-0.05, 0) is 24.3 Å². The minimum Gasteiger partial charge on any atom is -0.508 e. The van der Waals surface area contributed by atoms with E-state index in [1.54, 1.807) is 18.2 Å². The fourth-order valence-electron chi connectivity index (χ4n) is 3.70. The van der Waals surface area contributed by atoms with Gasteiger partial charge in [-0.2, -0.15) is 4.98 Å². The topological polar surface area (TPSA) is 84.1 Å². The maximum atomic E-state index is 9.77. The van der Waals surface area contributed by atoms with E-state index in [-0.39, 0.29) is 5.75 Å². The number of aromatic nitrogens is 2.